The molecule has 0 bridgehead atoms. The molecule has 162 valence electrons. The molecule has 0 saturated carbocycles. The molecule has 0 aliphatic carbocycles. The maximum atomic E-state index is 13.7. The van der Waals surface area contributed by atoms with Gasteiger partial charge in [0.25, 0.3) is 5.56 Å². The summed E-state index contributed by atoms with van der Waals surface area (Å²) in [6.45, 7) is 5.56. The van der Waals surface area contributed by atoms with Crippen LogP contribution in [-0.2, 0) is 6.54 Å². The largest absolute Gasteiger partial charge is 0.507 e. The minimum Gasteiger partial charge on any atom is -0.507 e. The summed E-state index contributed by atoms with van der Waals surface area (Å²) >= 11 is 6.30. The summed E-state index contributed by atoms with van der Waals surface area (Å²) < 4.78 is 1.69. The molecule has 1 N–H and O–H groups in total. The monoisotopic (exact) mass is 438 g/mol. The Morgan fingerprint density at radius 2 is 1.87 bits per heavy atom. The first-order chi connectivity index (χ1) is 14.9. The number of nitrogens with zero attached hydrogens (tertiary/aromatic N) is 4. The number of hydrogen-bond acceptors (Lipinski definition) is 5. The van der Waals surface area contributed by atoms with Gasteiger partial charge in [0.1, 0.15) is 5.75 Å². The van der Waals surface area contributed by atoms with Crippen molar-refractivity contribution in [1.82, 2.24) is 19.4 Å². The number of halogens is 1. The Balaban J connectivity index is 1.84. The van der Waals surface area contributed by atoms with Gasteiger partial charge in [-0.2, -0.15) is 0 Å². The Hall–Kier alpha value is -2.67. The normalized spacial score (nSPS) is 16.4. The van der Waals surface area contributed by atoms with E-state index >= 15 is 0 Å². The number of aromatic hydroxyl groups is 1. The van der Waals surface area contributed by atoms with Crippen LogP contribution in [0.2, 0.25) is 5.02 Å². The van der Waals surface area contributed by atoms with Gasteiger partial charge in [0.15, 0.2) is 0 Å². The Bertz CT molecular complexity index is 1110. The van der Waals surface area contributed by atoms with Crippen LogP contribution in [-0.4, -0.2) is 57.7 Å². The van der Waals surface area contributed by atoms with Crippen molar-refractivity contribution in [3.05, 3.63) is 92.6 Å². The summed E-state index contributed by atoms with van der Waals surface area (Å²) in [7, 11) is 2.09. The summed E-state index contributed by atoms with van der Waals surface area (Å²) in [5, 5.41) is 11.6. The van der Waals surface area contributed by atoms with Crippen LogP contribution in [0.3, 0.4) is 0 Å². The van der Waals surface area contributed by atoms with Crippen molar-refractivity contribution < 1.29 is 5.11 Å². The molecule has 4 rings (SSSR count). The average Bonchev–Trinajstić information content (AvgIpc) is 2.76. The highest BCUT2D eigenvalue weighted by molar-refractivity contribution is 6.30. The van der Waals surface area contributed by atoms with Crippen molar-refractivity contribution in [2.24, 2.45) is 0 Å². The van der Waals surface area contributed by atoms with E-state index in [-0.39, 0.29) is 17.4 Å². The molecular weight excluding hydrogens is 412 g/mol. The molecule has 3 aromatic rings. The lowest BCUT2D eigenvalue weighted by Crippen LogP contribution is -2.47. The lowest BCUT2D eigenvalue weighted by atomic mass is 9.96. The summed E-state index contributed by atoms with van der Waals surface area (Å²) in [4.78, 5) is 22.6. The fraction of sp³-hybridized carbons (Fsp3) is 0.333. The van der Waals surface area contributed by atoms with E-state index in [0.717, 1.165) is 37.4 Å². The quantitative estimate of drug-likeness (QED) is 0.662. The number of piperazine rings is 1. The number of rotatable bonds is 5. The number of aromatic nitrogens is 2. The van der Waals surface area contributed by atoms with Crippen LogP contribution in [0.4, 0.5) is 0 Å². The second kappa shape index (κ2) is 9.22. The van der Waals surface area contributed by atoms with Crippen molar-refractivity contribution >= 4 is 11.6 Å². The predicted octanol–water partition coefficient (Wildman–Crippen LogP) is 3.30. The van der Waals surface area contributed by atoms with Gasteiger partial charge < -0.3 is 14.6 Å². The van der Waals surface area contributed by atoms with E-state index in [0.29, 0.717) is 22.8 Å². The summed E-state index contributed by atoms with van der Waals surface area (Å²) in [5.41, 5.74) is 2.57. The smallest absolute Gasteiger partial charge is 0.260 e. The van der Waals surface area contributed by atoms with E-state index in [1.807, 2.05) is 49.4 Å². The Kier molecular flexibility index (Phi) is 6.41. The standard InChI is InChI=1S/C24H27ClN4O2/c1-17-14-21(30)22(24(31)29(17)16-20-8-3-4-9-26-20)23(18-6-5-7-19(25)15-18)28-12-10-27(2)11-13-28/h3-9,14-15,23,30H,10-13,16H2,1-2H3/t23-/m1/s1. The lowest BCUT2D eigenvalue weighted by Gasteiger charge is -2.38. The van der Waals surface area contributed by atoms with Crippen molar-refractivity contribution in [2.45, 2.75) is 19.5 Å². The maximum Gasteiger partial charge on any atom is 0.260 e. The third kappa shape index (κ3) is 4.66. The van der Waals surface area contributed by atoms with Crippen LogP contribution in [0.1, 0.15) is 28.6 Å². The minimum absolute atomic E-state index is 0.0173. The first kappa shape index (κ1) is 21.6. The topological polar surface area (TPSA) is 61.6 Å². The van der Waals surface area contributed by atoms with E-state index < -0.39 is 0 Å². The SMILES string of the molecule is Cc1cc(O)c([C@@H](c2cccc(Cl)c2)N2CCN(C)CC2)c(=O)n1Cc1ccccn1. The second-order valence-electron chi connectivity index (χ2n) is 8.09. The molecule has 1 aliphatic heterocycles. The van der Waals surface area contributed by atoms with Gasteiger partial charge in [-0.25, -0.2) is 0 Å². The molecule has 0 spiro atoms. The van der Waals surface area contributed by atoms with Gasteiger partial charge in [0.2, 0.25) is 0 Å². The highest BCUT2D eigenvalue weighted by Crippen LogP contribution is 2.34. The molecule has 1 atom stereocenters. The van der Waals surface area contributed by atoms with Gasteiger partial charge in [-0.3, -0.25) is 14.7 Å². The number of likely N-dealkylation sites (N-methyl/N-ethyl adjacent to an activating group) is 1. The van der Waals surface area contributed by atoms with Crippen LogP contribution in [0, 0.1) is 6.92 Å². The Labute approximate surface area is 187 Å². The average molecular weight is 439 g/mol. The molecule has 1 aromatic carbocycles. The third-order valence-corrected chi connectivity index (χ3v) is 6.15. The van der Waals surface area contributed by atoms with E-state index in [1.54, 1.807) is 16.8 Å². The molecule has 2 aromatic heterocycles. The fourth-order valence-electron chi connectivity index (χ4n) is 4.19. The summed E-state index contributed by atoms with van der Waals surface area (Å²) in [5.74, 6) is 0.0173. The summed E-state index contributed by atoms with van der Waals surface area (Å²) in [6.07, 6.45) is 1.72. The van der Waals surface area contributed by atoms with Crippen LogP contribution < -0.4 is 5.56 Å². The van der Waals surface area contributed by atoms with Gasteiger partial charge in [-0.15, -0.1) is 0 Å². The number of aryl methyl sites for hydroxylation is 1. The van der Waals surface area contributed by atoms with Gasteiger partial charge in [-0.1, -0.05) is 29.8 Å². The highest BCUT2D eigenvalue weighted by atomic mass is 35.5. The highest BCUT2D eigenvalue weighted by Gasteiger charge is 2.31. The molecule has 6 nitrogen and oxygen atoms in total. The molecule has 31 heavy (non-hydrogen) atoms. The number of benzene rings is 1. The molecule has 1 aliphatic rings. The van der Waals surface area contributed by atoms with Crippen molar-refractivity contribution in [3.63, 3.8) is 0 Å². The van der Waals surface area contributed by atoms with E-state index in [1.165, 1.54) is 0 Å². The fourth-order valence-corrected chi connectivity index (χ4v) is 4.39. The molecule has 1 fully saturated rings. The zero-order chi connectivity index (χ0) is 22.0. The van der Waals surface area contributed by atoms with Crippen LogP contribution in [0.5, 0.6) is 5.75 Å². The Morgan fingerprint density at radius 1 is 1.10 bits per heavy atom. The van der Waals surface area contributed by atoms with Crippen LogP contribution in [0.25, 0.3) is 0 Å². The predicted molar refractivity (Wildman–Crippen MR) is 123 cm³/mol. The molecule has 0 amide bonds. The molecule has 1 saturated heterocycles. The number of pyridine rings is 2. The van der Waals surface area contributed by atoms with Crippen LogP contribution >= 0.6 is 11.6 Å². The van der Waals surface area contributed by atoms with Crippen molar-refractivity contribution in [3.8, 4) is 5.75 Å². The van der Waals surface area contributed by atoms with Crippen molar-refractivity contribution in [1.29, 1.82) is 0 Å². The molecule has 0 unspecified atom stereocenters. The van der Waals surface area contributed by atoms with E-state index in [4.69, 9.17) is 11.6 Å². The first-order valence-corrected chi connectivity index (χ1v) is 10.8. The molecular formula is C24H27ClN4O2. The van der Waals surface area contributed by atoms with Gasteiger partial charge in [0.05, 0.1) is 23.8 Å². The van der Waals surface area contributed by atoms with Crippen LogP contribution in [0.15, 0.2) is 59.5 Å². The maximum absolute atomic E-state index is 13.7. The molecule has 7 heteroatoms. The Morgan fingerprint density at radius 3 is 2.55 bits per heavy atom. The zero-order valence-corrected chi connectivity index (χ0v) is 18.6. The number of hydrogen-bond donors (Lipinski definition) is 1. The van der Waals surface area contributed by atoms with E-state index in [9.17, 15) is 9.90 Å². The minimum atomic E-state index is -0.379. The van der Waals surface area contributed by atoms with Gasteiger partial charge in [-0.05, 0) is 49.9 Å². The van der Waals surface area contributed by atoms with Gasteiger partial charge in [0, 0.05) is 43.1 Å². The molecule has 0 radical (unpaired) electrons. The van der Waals surface area contributed by atoms with Crippen molar-refractivity contribution in [2.75, 3.05) is 33.2 Å². The first-order valence-electron chi connectivity index (χ1n) is 10.5. The second-order valence-corrected chi connectivity index (χ2v) is 8.53. The third-order valence-electron chi connectivity index (χ3n) is 5.91. The zero-order valence-electron chi connectivity index (χ0n) is 17.8. The lowest BCUT2D eigenvalue weighted by molar-refractivity contribution is 0.125. The van der Waals surface area contributed by atoms with E-state index in [2.05, 4.69) is 21.8 Å². The summed E-state index contributed by atoms with van der Waals surface area (Å²) in [6, 6.07) is 14.5. The van der Waals surface area contributed by atoms with Gasteiger partial charge >= 0.3 is 0 Å². The molecule has 3 heterocycles.